The van der Waals surface area contributed by atoms with E-state index in [0.29, 0.717) is 31.7 Å². The molecule has 2 heteroatoms. The van der Waals surface area contributed by atoms with Gasteiger partial charge in [-0.1, -0.05) is 40.3 Å². The van der Waals surface area contributed by atoms with Gasteiger partial charge in [-0.25, -0.2) is 0 Å². The molecule has 1 atom stereocenters. The van der Waals surface area contributed by atoms with Gasteiger partial charge in [0.05, 0.1) is 25.9 Å². The molecule has 0 fully saturated rings. The van der Waals surface area contributed by atoms with E-state index in [-0.39, 0.29) is 6.10 Å². The van der Waals surface area contributed by atoms with Crippen LogP contribution in [0.4, 0.5) is 0 Å². The molecule has 0 aromatic carbocycles. The fourth-order valence-corrected chi connectivity index (χ4v) is 2.69. The Labute approximate surface area is 110 Å². The van der Waals surface area contributed by atoms with Gasteiger partial charge in [0.1, 0.15) is 0 Å². The van der Waals surface area contributed by atoms with Crippen molar-refractivity contribution in [3.8, 4) is 0 Å². The van der Waals surface area contributed by atoms with Gasteiger partial charge in [0.15, 0.2) is 0 Å². The van der Waals surface area contributed by atoms with E-state index in [1.165, 1.54) is 16.7 Å². The summed E-state index contributed by atoms with van der Waals surface area (Å²) < 4.78 is 11.7. The molecule has 0 bridgehead atoms. The van der Waals surface area contributed by atoms with Crippen molar-refractivity contribution in [3.63, 3.8) is 0 Å². The molecule has 0 N–H and O–H groups in total. The predicted octanol–water partition coefficient (Wildman–Crippen LogP) is 3.51. The van der Waals surface area contributed by atoms with E-state index < -0.39 is 0 Å². The second-order valence-electron chi connectivity index (χ2n) is 5.89. The van der Waals surface area contributed by atoms with Crippen molar-refractivity contribution < 1.29 is 9.47 Å². The standard InChI is InChI=1S/C16H24O2/c1-10(2)6-13-7-17-8-15-14(12(13)5)9-18-16(15)11(3)4/h6,10-11,16H,5,7-9H2,1-4H3/b13-6-. The lowest BCUT2D eigenvalue weighted by molar-refractivity contribution is 0.0707. The van der Waals surface area contributed by atoms with Crippen LogP contribution in [0.1, 0.15) is 27.7 Å². The maximum atomic E-state index is 5.90. The number of rotatable bonds is 2. The van der Waals surface area contributed by atoms with Crippen molar-refractivity contribution in [3.05, 3.63) is 34.9 Å². The summed E-state index contributed by atoms with van der Waals surface area (Å²) in [5.41, 5.74) is 4.93. The zero-order chi connectivity index (χ0) is 13.3. The van der Waals surface area contributed by atoms with Crippen molar-refractivity contribution in [1.29, 1.82) is 0 Å². The fourth-order valence-electron chi connectivity index (χ4n) is 2.69. The number of hydrogen-bond acceptors (Lipinski definition) is 2. The number of hydrogen-bond donors (Lipinski definition) is 0. The first-order valence-electron chi connectivity index (χ1n) is 6.82. The number of ether oxygens (including phenoxy) is 2. The van der Waals surface area contributed by atoms with E-state index in [1.807, 2.05) is 0 Å². The van der Waals surface area contributed by atoms with Crippen LogP contribution in [0.2, 0.25) is 0 Å². The zero-order valence-electron chi connectivity index (χ0n) is 12.0. The largest absolute Gasteiger partial charge is 0.372 e. The molecule has 1 unspecified atom stereocenters. The average molecular weight is 248 g/mol. The molecule has 0 aliphatic carbocycles. The smallest absolute Gasteiger partial charge is 0.0841 e. The minimum absolute atomic E-state index is 0.204. The third-order valence-electron chi connectivity index (χ3n) is 3.55. The summed E-state index contributed by atoms with van der Waals surface area (Å²) >= 11 is 0. The second-order valence-corrected chi connectivity index (χ2v) is 5.89. The van der Waals surface area contributed by atoms with Gasteiger partial charge in [-0.15, -0.1) is 0 Å². The maximum Gasteiger partial charge on any atom is 0.0841 e. The molecule has 0 saturated carbocycles. The highest BCUT2D eigenvalue weighted by Gasteiger charge is 2.32. The van der Waals surface area contributed by atoms with Gasteiger partial charge in [0, 0.05) is 0 Å². The number of allylic oxidation sites excluding steroid dienone is 1. The molecule has 0 aromatic rings. The van der Waals surface area contributed by atoms with E-state index in [9.17, 15) is 0 Å². The summed E-state index contributed by atoms with van der Waals surface area (Å²) in [5, 5.41) is 0. The first kappa shape index (κ1) is 13.6. The van der Waals surface area contributed by atoms with Gasteiger partial charge in [-0.3, -0.25) is 0 Å². The molecule has 0 radical (unpaired) electrons. The first-order chi connectivity index (χ1) is 8.50. The highest BCUT2D eigenvalue weighted by molar-refractivity contribution is 5.51. The molecule has 2 nitrogen and oxygen atoms in total. The van der Waals surface area contributed by atoms with Crippen molar-refractivity contribution >= 4 is 0 Å². The molecule has 18 heavy (non-hydrogen) atoms. The van der Waals surface area contributed by atoms with Crippen molar-refractivity contribution in [1.82, 2.24) is 0 Å². The zero-order valence-corrected chi connectivity index (χ0v) is 12.0. The van der Waals surface area contributed by atoms with Crippen LogP contribution in [0.5, 0.6) is 0 Å². The van der Waals surface area contributed by atoms with E-state index >= 15 is 0 Å². The quantitative estimate of drug-likeness (QED) is 0.744. The second kappa shape index (κ2) is 5.41. The van der Waals surface area contributed by atoms with Crippen molar-refractivity contribution in [2.45, 2.75) is 33.8 Å². The molecule has 2 aliphatic rings. The van der Waals surface area contributed by atoms with Crippen LogP contribution in [-0.4, -0.2) is 25.9 Å². The minimum Gasteiger partial charge on any atom is -0.372 e. The summed E-state index contributed by atoms with van der Waals surface area (Å²) in [6.07, 6.45) is 2.45. The molecule has 0 amide bonds. The molecule has 2 aliphatic heterocycles. The van der Waals surface area contributed by atoms with E-state index in [4.69, 9.17) is 9.47 Å². The molecule has 100 valence electrons. The van der Waals surface area contributed by atoms with Gasteiger partial charge < -0.3 is 9.47 Å². The molecule has 0 aromatic heterocycles. The Morgan fingerprint density at radius 2 is 1.89 bits per heavy atom. The Morgan fingerprint density at radius 3 is 2.50 bits per heavy atom. The van der Waals surface area contributed by atoms with Gasteiger partial charge in [0.2, 0.25) is 0 Å². The topological polar surface area (TPSA) is 18.5 Å². The highest BCUT2D eigenvalue weighted by Crippen LogP contribution is 2.35. The minimum atomic E-state index is 0.204. The van der Waals surface area contributed by atoms with Gasteiger partial charge >= 0.3 is 0 Å². The van der Waals surface area contributed by atoms with Crippen LogP contribution in [-0.2, 0) is 9.47 Å². The molecular formula is C16H24O2. The summed E-state index contributed by atoms with van der Waals surface area (Å²) in [5.74, 6) is 1.01. The summed E-state index contributed by atoms with van der Waals surface area (Å²) in [6.45, 7) is 15.1. The van der Waals surface area contributed by atoms with Crippen molar-refractivity contribution in [2.24, 2.45) is 11.8 Å². The first-order valence-corrected chi connectivity index (χ1v) is 6.82. The lowest BCUT2D eigenvalue weighted by Crippen LogP contribution is -2.20. The Balaban J connectivity index is 2.31. The molecule has 2 rings (SSSR count). The summed E-state index contributed by atoms with van der Waals surface area (Å²) in [4.78, 5) is 0. The van der Waals surface area contributed by atoms with E-state index in [1.54, 1.807) is 0 Å². The van der Waals surface area contributed by atoms with Crippen molar-refractivity contribution in [2.75, 3.05) is 19.8 Å². The summed E-state index contributed by atoms with van der Waals surface area (Å²) in [6, 6.07) is 0. The van der Waals surface area contributed by atoms with Gasteiger partial charge in [-0.05, 0) is 34.1 Å². The SMILES string of the molecule is C=C1C2=C(COC/C1=C/C(C)C)C(C(C)C)OC2. The van der Waals surface area contributed by atoms with E-state index in [0.717, 1.165) is 5.57 Å². The highest BCUT2D eigenvalue weighted by atomic mass is 16.5. The van der Waals surface area contributed by atoms with Crippen LogP contribution in [0.15, 0.2) is 34.9 Å². The van der Waals surface area contributed by atoms with Crippen LogP contribution >= 0.6 is 0 Å². The Bertz CT molecular complexity index is 399. The van der Waals surface area contributed by atoms with Crippen LogP contribution in [0, 0.1) is 11.8 Å². The third-order valence-corrected chi connectivity index (χ3v) is 3.55. The monoisotopic (exact) mass is 248 g/mol. The lowest BCUT2D eigenvalue weighted by atomic mass is 9.92. The van der Waals surface area contributed by atoms with Gasteiger partial charge in [0.25, 0.3) is 0 Å². The fraction of sp³-hybridized carbons (Fsp3) is 0.625. The average Bonchev–Trinajstić information content (AvgIpc) is 2.64. The lowest BCUT2D eigenvalue weighted by Gasteiger charge is -2.18. The molecule has 2 heterocycles. The maximum absolute atomic E-state index is 5.90. The Kier molecular flexibility index (Phi) is 4.08. The van der Waals surface area contributed by atoms with E-state index in [2.05, 4.69) is 40.3 Å². The molecule has 0 spiro atoms. The Morgan fingerprint density at radius 1 is 1.17 bits per heavy atom. The van der Waals surface area contributed by atoms with Crippen LogP contribution in [0.3, 0.4) is 0 Å². The van der Waals surface area contributed by atoms with Gasteiger partial charge in [-0.2, -0.15) is 0 Å². The van der Waals surface area contributed by atoms with Crippen LogP contribution < -0.4 is 0 Å². The van der Waals surface area contributed by atoms with Crippen LogP contribution in [0.25, 0.3) is 0 Å². The predicted molar refractivity (Wildman–Crippen MR) is 74.5 cm³/mol. The molecule has 0 saturated heterocycles. The summed E-state index contributed by atoms with van der Waals surface area (Å²) in [7, 11) is 0. The third kappa shape index (κ3) is 2.60. The Hall–Kier alpha value is -0.860. The molecular weight excluding hydrogens is 224 g/mol. The normalized spacial score (nSPS) is 27.3.